The summed E-state index contributed by atoms with van der Waals surface area (Å²) >= 11 is 0. The Balaban J connectivity index is 1.45. The quantitative estimate of drug-likeness (QED) is 0.145. The molecule has 3 N–H and O–H groups in total. The van der Waals surface area contributed by atoms with Gasteiger partial charge in [-0.3, -0.25) is 9.59 Å². The Labute approximate surface area is 256 Å². The van der Waals surface area contributed by atoms with Crippen molar-refractivity contribution >= 4 is 17.5 Å². The van der Waals surface area contributed by atoms with Crippen LogP contribution in [0.1, 0.15) is 91.1 Å². The summed E-state index contributed by atoms with van der Waals surface area (Å²) in [6, 6.07) is 19.8. The summed E-state index contributed by atoms with van der Waals surface area (Å²) in [6.07, 6.45) is 7.70. The van der Waals surface area contributed by atoms with Crippen molar-refractivity contribution in [2.75, 3.05) is 25.0 Å². The number of nitrogens with zero attached hydrogens (tertiary/aromatic N) is 2. The minimum absolute atomic E-state index is 0.0604. The van der Waals surface area contributed by atoms with Crippen molar-refractivity contribution in [2.24, 2.45) is 5.92 Å². The second kappa shape index (κ2) is 15.6. The third-order valence-corrected chi connectivity index (χ3v) is 8.35. The second-order valence-electron chi connectivity index (χ2n) is 12.2. The zero-order valence-corrected chi connectivity index (χ0v) is 25.9. The first-order valence-electron chi connectivity index (χ1n) is 15.8. The van der Waals surface area contributed by atoms with Crippen LogP contribution in [0, 0.1) is 5.92 Å². The third-order valence-electron chi connectivity index (χ3n) is 8.35. The number of hydrogen-bond acceptors (Lipinski definition) is 5. The molecule has 7 heteroatoms. The van der Waals surface area contributed by atoms with Gasteiger partial charge in [-0.05, 0) is 98.2 Å². The van der Waals surface area contributed by atoms with Crippen LogP contribution < -0.4 is 5.32 Å². The molecule has 0 aliphatic carbocycles. The van der Waals surface area contributed by atoms with E-state index in [0.717, 1.165) is 50.0 Å². The van der Waals surface area contributed by atoms with Crippen molar-refractivity contribution in [3.8, 4) is 11.5 Å². The third kappa shape index (κ3) is 9.32. The van der Waals surface area contributed by atoms with Crippen LogP contribution in [-0.2, 0) is 13.0 Å². The number of nitrogens with one attached hydrogen (secondary N) is 1. The number of likely N-dealkylation sites (tertiary alicyclic amines) is 1. The van der Waals surface area contributed by atoms with Crippen LogP contribution in [0.15, 0.2) is 66.7 Å². The van der Waals surface area contributed by atoms with Crippen molar-refractivity contribution in [3.05, 3.63) is 89.0 Å². The number of carbonyl (C=O) groups is 2. The zero-order valence-electron chi connectivity index (χ0n) is 25.9. The van der Waals surface area contributed by atoms with E-state index in [1.807, 2.05) is 41.3 Å². The molecule has 43 heavy (non-hydrogen) atoms. The molecule has 0 saturated carbocycles. The maximum absolute atomic E-state index is 14.0. The smallest absolute Gasteiger partial charge is 0.255 e. The molecular weight excluding hydrogens is 538 g/mol. The van der Waals surface area contributed by atoms with Gasteiger partial charge in [0.05, 0.1) is 0 Å². The molecule has 0 bridgehead atoms. The van der Waals surface area contributed by atoms with E-state index in [2.05, 4.69) is 43.1 Å². The first kappa shape index (κ1) is 32.1. The van der Waals surface area contributed by atoms with Gasteiger partial charge in [-0.1, -0.05) is 57.9 Å². The van der Waals surface area contributed by atoms with Crippen molar-refractivity contribution < 1.29 is 19.8 Å². The molecule has 7 nitrogen and oxygen atoms in total. The summed E-state index contributed by atoms with van der Waals surface area (Å²) in [7, 11) is 0. The SMILES string of the molecule is CCCCCc1ccc(C(=O)N(Cc2ccc(NC(=O)c3ccc(O)c(O)c3)cc2)C2CCN(CCC(C)C)CC2)cc1. The fourth-order valence-corrected chi connectivity index (χ4v) is 5.58. The van der Waals surface area contributed by atoms with Gasteiger partial charge in [0, 0.05) is 42.5 Å². The first-order valence-corrected chi connectivity index (χ1v) is 15.8. The van der Waals surface area contributed by atoms with E-state index in [4.69, 9.17) is 0 Å². The molecule has 0 spiro atoms. The highest BCUT2D eigenvalue weighted by atomic mass is 16.3. The topological polar surface area (TPSA) is 93.1 Å². The standard InChI is InChI=1S/C36H47N3O4/c1-4-5-6-7-27-8-12-29(13-9-27)36(43)39(32-19-22-38(23-20-32)21-18-26(2)3)25-28-10-15-31(16-11-28)37-35(42)30-14-17-33(40)34(41)24-30/h8-17,24,26,32,40-41H,4-7,18-23,25H2,1-3H3,(H,37,42). The summed E-state index contributed by atoms with van der Waals surface area (Å²) in [5.41, 5.74) is 3.84. The van der Waals surface area contributed by atoms with Gasteiger partial charge in [0.2, 0.25) is 0 Å². The van der Waals surface area contributed by atoms with Crippen LogP contribution in [0.5, 0.6) is 11.5 Å². The Morgan fingerprint density at radius 1 is 0.884 bits per heavy atom. The summed E-state index contributed by atoms with van der Waals surface area (Å²) < 4.78 is 0. The molecule has 1 aliphatic rings. The average molecular weight is 586 g/mol. The molecule has 1 heterocycles. The maximum atomic E-state index is 14.0. The number of hydrogen-bond donors (Lipinski definition) is 3. The molecule has 0 radical (unpaired) electrons. The number of rotatable bonds is 13. The van der Waals surface area contributed by atoms with Gasteiger partial charge in [-0.2, -0.15) is 0 Å². The van der Waals surface area contributed by atoms with E-state index in [9.17, 15) is 19.8 Å². The molecule has 230 valence electrons. The van der Waals surface area contributed by atoms with E-state index in [1.54, 1.807) is 0 Å². The second-order valence-corrected chi connectivity index (χ2v) is 12.2. The average Bonchev–Trinajstić information content (AvgIpc) is 3.01. The van der Waals surface area contributed by atoms with Crippen LogP contribution in [-0.4, -0.2) is 57.5 Å². The lowest BCUT2D eigenvalue weighted by atomic mass is 9.99. The lowest BCUT2D eigenvalue weighted by Crippen LogP contribution is -2.47. The largest absolute Gasteiger partial charge is 0.504 e. The molecule has 0 unspecified atom stereocenters. The van der Waals surface area contributed by atoms with E-state index in [0.29, 0.717) is 18.2 Å². The molecular formula is C36H47N3O4. The molecule has 1 saturated heterocycles. The number of aromatic hydroxyl groups is 2. The maximum Gasteiger partial charge on any atom is 0.255 e. The number of anilines is 1. The minimum Gasteiger partial charge on any atom is -0.504 e. The Morgan fingerprint density at radius 3 is 2.16 bits per heavy atom. The van der Waals surface area contributed by atoms with Crippen molar-refractivity contribution in [3.63, 3.8) is 0 Å². The number of piperidine rings is 1. The van der Waals surface area contributed by atoms with E-state index in [1.165, 1.54) is 49.4 Å². The van der Waals surface area contributed by atoms with E-state index >= 15 is 0 Å². The predicted octanol–water partition coefficient (Wildman–Crippen LogP) is 7.24. The number of aryl methyl sites for hydroxylation is 1. The summed E-state index contributed by atoms with van der Waals surface area (Å²) in [6.45, 7) is 10.3. The predicted molar refractivity (Wildman–Crippen MR) is 173 cm³/mol. The lowest BCUT2D eigenvalue weighted by Gasteiger charge is -2.39. The van der Waals surface area contributed by atoms with Gasteiger partial charge in [0.1, 0.15) is 0 Å². The van der Waals surface area contributed by atoms with Gasteiger partial charge in [-0.15, -0.1) is 0 Å². The molecule has 1 fully saturated rings. The Hall–Kier alpha value is -3.84. The number of carbonyl (C=O) groups excluding carboxylic acids is 2. The van der Waals surface area contributed by atoms with Crippen LogP contribution in [0.3, 0.4) is 0 Å². The van der Waals surface area contributed by atoms with Crippen molar-refractivity contribution in [1.29, 1.82) is 0 Å². The molecule has 1 aliphatic heterocycles. The molecule has 0 aromatic heterocycles. The highest BCUT2D eigenvalue weighted by molar-refractivity contribution is 6.04. The number of unbranched alkanes of at least 4 members (excludes halogenated alkanes) is 2. The Morgan fingerprint density at radius 2 is 1.53 bits per heavy atom. The van der Waals surface area contributed by atoms with Crippen LogP contribution >= 0.6 is 0 Å². The monoisotopic (exact) mass is 585 g/mol. The zero-order chi connectivity index (χ0) is 30.8. The molecule has 3 aromatic rings. The van der Waals surface area contributed by atoms with Crippen LogP contribution in [0.25, 0.3) is 0 Å². The lowest BCUT2D eigenvalue weighted by molar-refractivity contribution is 0.0546. The number of amides is 2. The first-order chi connectivity index (χ1) is 20.7. The van der Waals surface area contributed by atoms with Gasteiger partial charge in [0.25, 0.3) is 11.8 Å². The fraction of sp³-hybridized carbons (Fsp3) is 0.444. The molecule has 3 aromatic carbocycles. The van der Waals surface area contributed by atoms with Crippen molar-refractivity contribution in [2.45, 2.75) is 78.3 Å². The number of benzene rings is 3. The van der Waals surface area contributed by atoms with Crippen molar-refractivity contribution in [1.82, 2.24) is 9.80 Å². The minimum atomic E-state index is -0.387. The summed E-state index contributed by atoms with van der Waals surface area (Å²) in [5.74, 6) is -0.261. The number of phenols is 2. The Bertz CT molecular complexity index is 1330. The van der Waals surface area contributed by atoms with Gasteiger partial charge >= 0.3 is 0 Å². The highest BCUT2D eigenvalue weighted by Crippen LogP contribution is 2.26. The van der Waals surface area contributed by atoms with Crippen LogP contribution in [0.2, 0.25) is 0 Å². The van der Waals surface area contributed by atoms with E-state index in [-0.39, 0.29) is 34.9 Å². The highest BCUT2D eigenvalue weighted by Gasteiger charge is 2.29. The van der Waals surface area contributed by atoms with Gasteiger partial charge < -0.3 is 25.3 Å². The van der Waals surface area contributed by atoms with Crippen LogP contribution in [0.4, 0.5) is 5.69 Å². The van der Waals surface area contributed by atoms with Gasteiger partial charge in [-0.25, -0.2) is 0 Å². The fourth-order valence-electron chi connectivity index (χ4n) is 5.58. The van der Waals surface area contributed by atoms with Gasteiger partial charge in [0.15, 0.2) is 11.5 Å². The normalized spacial score (nSPS) is 14.1. The Kier molecular flexibility index (Phi) is 11.6. The number of phenolic OH excluding ortho intramolecular Hbond substituents is 2. The summed E-state index contributed by atoms with van der Waals surface area (Å²) in [4.78, 5) is 31.2. The van der Waals surface area contributed by atoms with E-state index < -0.39 is 0 Å². The molecule has 4 rings (SSSR count). The molecule has 2 amide bonds. The summed E-state index contributed by atoms with van der Waals surface area (Å²) in [5, 5.41) is 22.1. The molecule has 0 atom stereocenters.